The lowest BCUT2D eigenvalue weighted by molar-refractivity contribution is -0.282. The van der Waals surface area contributed by atoms with Crippen LogP contribution < -0.4 is 4.74 Å². The van der Waals surface area contributed by atoms with Gasteiger partial charge in [-0.2, -0.15) is 0 Å². The average Bonchev–Trinajstić information content (AvgIpc) is 2.58. The molecule has 2 aliphatic heterocycles. The monoisotopic (exact) mass is 322 g/mol. The van der Waals surface area contributed by atoms with Gasteiger partial charge in [0.1, 0.15) is 11.9 Å². The summed E-state index contributed by atoms with van der Waals surface area (Å²) in [7, 11) is 1.65. The molecule has 2 heterocycles. The molecule has 2 saturated heterocycles. The second kappa shape index (κ2) is 7.62. The molecule has 1 aromatic carbocycles. The van der Waals surface area contributed by atoms with E-state index in [4.69, 9.17) is 18.9 Å². The van der Waals surface area contributed by atoms with E-state index in [0.29, 0.717) is 6.61 Å². The minimum Gasteiger partial charge on any atom is -0.497 e. The molecule has 0 unspecified atom stereocenters. The highest BCUT2D eigenvalue weighted by molar-refractivity contribution is 5.28. The Hall–Kier alpha value is -1.14. The fourth-order valence-corrected chi connectivity index (χ4v) is 3.29. The molecule has 0 radical (unpaired) electrons. The zero-order valence-corrected chi connectivity index (χ0v) is 13.8. The lowest BCUT2D eigenvalue weighted by atomic mass is 9.97. The maximum Gasteiger partial charge on any atom is 0.184 e. The van der Waals surface area contributed by atoms with Gasteiger partial charge < -0.3 is 24.1 Å². The first-order valence-corrected chi connectivity index (χ1v) is 8.45. The van der Waals surface area contributed by atoms with Crippen molar-refractivity contribution in [2.24, 2.45) is 0 Å². The summed E-state index contributed by atoms with van der Waals surface area (Å²) in [5.74, 6) is 0.816. The van der Waals surface area contributed by atoms with Gasteiger partial charge in [0.2, 0.25) is 0 Å². The Kier molecular flexibility index (Phi) is 5.54. The van der Waals surface area contributed by atoms with Crippen molar-refractivity contribution in [2.75, 3.05) is 13.7 Å². The number of methoxy groups -OCH3 is 1. The van der Waals surface area contributed by atoms with E-state index < -0.39 is 0 Å². The number of aliphatic hydroxyl groups is 1. The standard InChI is InChI=1S/C18H26O5/c1-3-15-14(19)5-4-6-16-17(22-15)11-21-18(23-16)12-7-9-13(20-2)10-8-12/h7-10,14-19H,3-6,11H2,1-2H3/t14-,15+,16+,17-,18-/m1/s1. The normalized spacial score (nSPS) is 35.0. The SMILES string of the molecule is CC[C@@H]1O[C@@H]2CO[C@@H](c3ccc(OC)cc3)O[C@H]2CCC[C@H]1O. The van der Waals surface area contributed by atoms with Crippen LogP contribution in [0.3, 0.4) is 0 Å². The van der Waals surface area contributed by atoms with Crippen LogP contribution >= 0.6 is 0 Å². The number of rotatable bonds is 3. The summed E-state index contributed by atoms with van der Waals surface area (Å²) in [6.07, 6.45) is 2.40. The lowest BCUT2D eigenvalue weighted by Crippen LogP contribution is -2.47. The van der Waals surface area contributed by atoms with Gasteiger partial charge in [0, 0.05) is 5.56 Å². The Bertz CT molecular complexity index is 489. The first-order chi connectivity index (χ1) is 11.2. The van der Waals surface area contributed by atoms with Crippen molar-refractivity contribution in [2.45, 2.75) is 63.3 Å². The molecule has 1 N–H and O–H groups in total. The summed E-state index contributed by atoms with van der Waals surface area (Å²) in [5.41, 5.74) is 0.985. The van der Waals surface area contributed by atoms with Crippen LogP contribution in [0.4, 0.5) is 0 Å². The molecule has 23 heavy (non-hydrogen) atoms. The molecule has 1 aromatic rings. The van der Waals surface area contributed by atoms with Gasteiger partial charge in [0.05, 0.1) is 32.0 Å². The van der Waals surface area contributed by atoms with E-state index in [1.165, 1.54) is 0 Å². The maximum atomic E-state index is 10.1. The van der Waals surface area contributed by atoms with Crippen LogP contribution in [0.15, 0.2) is 24.3 Å². The van der Waals surface area contributed by atoms with E-state index in [2.05, 4.69) is 0 Å². The average molecular weight is 322 g/mol. The van der Waals surface area contributed by atoms with Crippen molar-refractivity contribution in [3.63, 3.8) is 0 Å². The van der Waals surface area contributed by atoms with Gasteiger partial charge in [0.15, 0.2) is 6.29 Å². The highest BCUT2D eigenvalue weighted by Crippen LogP contribution is 2.33. The Morgan fingerprint density at radius 3 is 2.61 bits per heavy atom. The van der Waals surface area contributed by atoms with Gasteiger partial charge in [-0.3, -0.25) is 0 Å². The highest BCUT2D eigenvalue weighted by Gasteiger charge is 2.37. The topological polar surface area (TPSA) is 57.2 Å². The number of fused-ring (bicyclic) bond motifs is 1. The predicted octanol–water partition coefficient (Wildman–Crippen LogP) is 2.82. The Morgan fingerprint density at radius 1 is 1.13 bits per heavy atom. The van der Waals surface area contributed by atoms with Gasteiger partial charge in [-0.15, -0.1) is 0 Å². The van der Waals surface area contributed by atoms with E-state index in [9.17, 15) is 5.11 Å². The van der Waals surface area contributed by atoms with Crippen LogP contribution in [0.5, 0.6) is 5.75 Å². The molecule has 2 fully saturated rings. The molecule has 0 aromatic heterocycles. The van der Waals surface area contributed by atoms with Crippen LogP contribution in [-0.2, 0) is 14.2 Å². The van der Waals surface area contributed by atoms with Crippen molar-refractivity contribution in [1.82, 2.24) is 0 Å². The number of benzene rings is 1. The van der Waals surface area contributed by atoms with Crippen molar-refractivity contribution in [3.05, 3.63) is 29.8 Å². The first-order valence-electron chi connectivity index (χ1n) is 8.45. The summed E-state index contributed by atoms with van der Waals surface area (Å²) >= 11 is 0. The number of hydrogen-bond donors (Lipinski definition) is 1. The molecular formula is C18H26O5. The lowest BCUT2D eigenvalue weighted by Gasteiger charge is -2.40. The Labute approximate surface area is 137 Å². The van der Waals surface area contributed by atoms with E-state index in [-0.39, 0.29) is 30.7 Å². The summed E-state index contributed by atoms with van der Waals surface area (Å²) in [5, 5.41) is 10.1. The molecule has 3 rings (SSSR count). The highest BCUT2D eigenvalue weighted by atomic mass is 16.7. The summed E-state index contributed by atoms with van der Waals surface area (Å²) in [4.78, 5) is 0. The molecule has 5 heteroatoms. The van der Waals surface area contributed by atoms with E-state index in [0.717, 1.165) is 37.0 Å². The third kappa shape index (κ3) is 3.86. The van der Waals surface area contributed by atoms with Crippen LogP contribution in [0.25, 0.3) is 0 Å². The molecule has 5 nitrogen and oxygen atoms in total. The molecular weight excluding hydrogens is 296 g/mol. The fraction of sp³-hybridized carbons (Fsp3) is 0.667. The molecule has 0 amide bonds. The van der Waals surface area contributed by atoms with Crippen LogP contribution in [0.2, 0.25) is 0 Å². The van der Waals surface area contributed by atoms with Gasteiger partial charge in [-0.25, -0.2) is 0 Å². The van der Waals surface area contributed by atoms with E-state index in [1.54, 1.807) is 7.11 Å². The molecule has 0 saturated carbocycles. The van der Waals surface area contributed by atoms with Crippen LogP contribution in [0.1, 0.15) is 44.5 Å². The summed E-state index contributed by atoms with van der Waals surface area (Å²) in [6, 6.07) is 7.75. The third-order valence-electron chi connectivity index (χ3n) is 4.68. The smallest absolute Gasteiger partial charge is 0.184 e. The van der Waals surface area contributed by atoms with Crippen LogP contribution in [-0.4, -0.2) is 43.2 Å². The van der Waals surface area contributed by atoms with E-state index >= 15 is 0 Å². The second-order valence-corrected chi connectivity index (χ2v) is 6.23. The number of hydrogen-bond acceptors (Lipinski definition) is 5. The maximum absolute atomic E-state index is 10.1. The predicted molar refractivity (Wildman–Crippen MR) is 85.4 cm³/mol. The summed E-state index contributed by atoms with van der Waals surface area (Å²) < 4.78 is 23.2. The number of ether oxygens (including phenoxy) is 4. The minimum absolute atomic E-state index is 0.0115. The largest absolute Gasteiger partial charge is 0.497 e. The molecule has 128 valence electrons. The molecule has 0 aliphatic carbocycles. The van der Waals surface area contributed by atoms with E-state index in [1.807, 2.05) is 31.2 Å². The third-order valence-corrected chi connectivity index (χ3v) is 4.68. The minimum atomic E-state index is -0.389. The van der Waals surface area contributed by atoms with Crippen molar-refractivity contribution >= 4 is 0 Å². The van der Waals surface area contributed by atoms with Gasteiger partial charge in [0.25, 0.3) is 0 Å². The zero-order chi connectivity index (χ0) is 16.2. The van der Waals surface area contributed by atoms with Crippen LogP contribution in [0, 0.1) is 0 Å². The van der Waals surface area contributed by atoms with Crippen molar-refractivity contribution < 1.29 is 24.1 Å². The fourth-order valence-electron chi connectivity index (χ4n) is 3.29. The Balaban J connectivity index is 1.67. The Morgan fingerprint density at radius 2 is 1.91 bits per heavy atom. The first kappa shape index (κ1) is 16.7. The van der Waals surface area contributed by atoms with Crippen molar-refractivity contribution in [1.29, 1.82) is 0 Å². The molecule has 0 bridgehead atoms. The quantitative estimate of drug-likeness (QED) is 0.927. The summed E-state index contributed by atoms with van der Waals surface area (Å²) in [6.45, 7) is 2.53. The zero-order valence-electron chi connectivity index (χ0n) is 13.8. The van der Waals surface area contributed by atoms with Gasteiger partial charge in [-0.1, -0.05) is 19.1 Å². The van der Waals surface area contributed by atoms with Crippen molar-refractivity contribution in [3.8, 4) is 5.75 Å². The molecule has 5 atom stereocenters. The second-order valence-electron chi connectivity index (χ2n) is 6.23. The molecule has 2 aliphatic rings. The van der Waals surface area contributed by atoms with Gasteiger partial charge >= 0.3 is 0 Å². The van der Waals surface area contributed by atoms with Gasteiger partial charge in [-0.05, 0) is 37.8 Å². The number of aliphatic hydroxyl groups excluding tert-OH is 1. The molecule has 0 spiro atoms.